The Hall–Kier alpha value is -2.35. The summed E-state index contributed by atoms with van der Waals surface area (Å²) < 4.78 is 42.3. The van der Waals surface area contributed by atoms with Crippen molar-refractivity contribution >= 4 is 5.91 Å². The lowest BCUT2D eigenvalue weighted by Crippen LogP contribution is -2.55. The highest BCUT2D eigenvalue weighted by Gasteiger charge is 2.54. The van der Waals surface area contributed by atoms with Gasteiger partial charge in [-0.3, -0.25) is 14.8 Å². The van der Waals surface area contributed by atoms with E-state index in [1.807, 2.05) is 37.7 Å². The first kappa shape index (κ1) is 26.3. The quantitative estimate of drug-likeness (QED) is 0.510. The fraction of sp³-hybridized carbons (Fsp3) is 0.655. The van der Waals surface area contributed by atoms with Crippen molar-refractivity contribution in [1.82, 2.24) is 20.4 Å². The van der Waals surface area contributed by atoms with Crippen molar-refractivity contribution in [3.63, 3.8) is 0 Å². The minimum atomic E-state index is -4.43. The number of carbonyl (C=O) groups is 1. The highest BCUT2D eigenvalue weighted by molar-refractivity contribution is 5.82. The molecule has 202 valence electrons. The molecule has 0 radical (unpaired) electrons. The van der Waals surface area contributed by atoms with Crippen molar-refractivity contribution in [2.24, 2.45) is 23.2 Å². The van der Waals surface area contributed by atoms with Crippen LogP contribution in [0.5, 0.6) is 0 Å². The summed E-state index contributed by atoms with van der Waals surface area (Å²) in [6.07, 6.45) is 1.59. The number of halogens is 3. The molecule has 3 saturated carbocycles. The van der Waals surface area contributed by atoms with Gasteiger partial charge in [-0.2, -0.15) is 18.3 Å². The molecule has 5 nitrogen and oxygen atoms in total. The molecule has 1 aromatic carbocycles. The van der Waals surface area contributed by atoms with Gasteiger partial charge in [0, 0.05) is 24.7 Å². The maximum atomic E-state index is 13.5. The number of hydrogen-bond donors (Lipinski definition) is 2. The van der Waals surface area contributed by atoms with Crippen LogP contribution in [0.4, 0.5) is 13.2 Å². The Morgan fingerprint density at radius 2 is 1.92 bits per heavy atom. The standard InChI is InChI=1S/C29H39F3N4O/c1-27(2,3)36-12-11-23(35-36)21-15-24(34-25(21)17-7-6-8-20(13-17)29(30,31)32)26(37)33-16-18-9-10-19-14-22(18)28(19,4)5/h6-8,11-13,18-19,21-22,24-25,34H,9-10,14-16H2,1-5H3,(H,33,37)/t18-,19-,21-,22+,24-,25-/m0/s1. The topological polar surface area (TPSA) is 59.0 Å². The number of benzene rings is 1. The number of hydrogen-bond acceptors (Lipinski definition) is 3. The number of nitrogens with one attached hydrogen (secondary N) is 2. The van der Waals surface area contributed by atoms with Crippen molar-refractivity contribution in [2.45, 2.75) is 90.0 Å². The number of carbonyl (C=O) groups excluding carboxylic acids is 1. The molecule has 4 aliphatic rings. The summed E-state index contributed by atoms with van der Waals surface area (Å²) in [7, 11) is 0. The first-order chi connectivity index (χ1) is 17.2. The van der Waals surface area contributed by atoms with Crippen molar-refractivity contribution in [3.05, 3.63) is 53.3 Å². The monoisotopic (exact) mass is 516 g/mol. The Kier molecular flexibility index (Phi) is 6.49. The van der Waals surface area contributed by atoms with Crippen LogP contribution in [0.1, 0.15) is 89.1 Å². The third kappa shape index (κ3) is 4.93. The van der Waals surface area contributed by atoms with Gasteiger partial charge < -0.3 is 5.32 Å². The molecule has 1 amide bonds. The number of rotatable bonds is 5. The Morgan fingerprint density at radius 3 is 2.54 bits per heavy atom. The van der Waals surface area contributed by atoms with E-state index in [9.17, 15) is 18.0 Å². The van der Waals surface area contributed by atoms with Gasteiger partial charge in [0.25, 0.3) is 0 Å². The lowest BCUT2D eigenvalue weighted by molar-refractivity contribution is -0.137. The minimum absolute atomic E-state index is 0.0750. The smallest absolute Gasteiger partial charge is 0.354 e. The SMILES string of the molecule is CC1(C)[C@H]2CC[C@@H](CNC(=O)[C@@H]3C[C@@H](c4ccn(C(C)(C)C)n4)[C@H](c4cccc(C(F)(F)F)c4)N3)[C@H]1C2. The zero-order chi connectivity index (χ0) is 26.8. The lowest BCUT2D eigenvalue weighted by Gasteiger charge is -2.60. The summed E-state index contributed by atoms with van der Waals surface area (Å²) in [5.41, 5.74) is 0.758. The van der Waals surface area contributed by atoms with Crippen LogP contribution in [0.15, 0.2) is 36.5 Å². The minimum Gasteiger partial charge on any atom is -0.354 e. The van der Waals surface area contributed by atoms with Crippen LogP contribution in [-0.2, 0) is 16.5 Å². The van der Waals surface area contributed by atoms with Crippen LogP contribution in [0.25, 0.3) is 0 Å². The zero-order valence-corrected chi connectivity index (χ0v) is 22.4. The summed E-state index contributed by atoms with van der Waals surface area (Å²) in [4.78, 5) is 13.3. The molecular formula is C29H39F3N4O. The van der Waals surface area contributed by atoms with Gasteiger partial charge in [0.1, 0.15) is 0 Å². The molecule has 1 saturated heterocycles. The predicted octanol–water partition coefficient (Wildman–Crippen LogP) is 6.03. The molecule has 6 atom stereocenters. The van der Waals surface area contributed by atoms with Gasteiger partial charge in [0.05, 0.1) is 22.8 Å². The Bertz CT molecular complexity index is 1150. The second-order valence-corrected chi connectivity index (χ2v) is 13.0. The average molecular weight is 517 g/mol. The third-order valence-corrected chi connectivity index (χ3v) is 9.38. The number of aromatic nitrogens is 2. The van der Waals surface area contributed by atoms with Crippen molar-refractivity contribution in [1.29, 1.82) is 0 Å². The van der Waals surface area contributed by atoms with Gasteiger partial charge in [-0.15, -0.1) is 0 Å². The number of alkyl halides is 3. The highest BCUT2D eigenvalue weighted by Crippen LogP contribution is 2.61. The van der Waals surface area contributed by atoms with Gasteiger partial charge >= 0.3 is 6.18 Å². The molecular weight excluding hydrogens is 477 g/mol. The van der Waals surface area contributed by atoms with E-state index in [0.29, 0.717) is 35.8 Å². The van der Waals surface area contributed by atoms with Crippen LogP contribution in [0.3, 0.4) is 0 Å². The normalized spacial score (nSPS) is 31.1. The average Bonchev–Trinajstić information content (AvgIpc) is 3.50. The molecule has 4 fully saturated rings. The summed E-state index contributed by atoms with van der Waals surface area (Å²) in [6, 6.07) is 6.42. The first-order valence-electron chi connectivity index (χ1n) is 13.5. The molecule has 0 unspecified atom stereocenters. The summed E-state index contributed by atoms with van der Waals surface area (Å²) in [6.45, 7) is 11.5. The number of fused-ring (bicyclic) bond motifs is 2. The fourth-order valence-electron chi connectivity index (χ4n) is 6.97. The number of amides is 1. The fourth-order valence-corrected chi connectivity index (χ4v) is 6.97. The molecule has 8 heteroatoms. The van der Waals surface area contributed by atoms with Crippen molar-refractivity contribution < 1.29 is 18.0 Å². The van der Waals surface area contributed by atoms with Gasteiger partial charge in [0.2, 0.25) is 5.91 Å². The van der Waals surface area contributed by atoms with E-state index in [4.69, 9.17) is 5.10 Å². The van der Waals surface area contributed by atoms with E-state index >= 15 is 0 Å². The molecule has 1 aliphatic heterocycles. The molecule has 37 heavy (non-hydrogen) atoms. The van der Waals surface area contributed by atoms with Crippen LogP contribution >= 0.6 is 0 Å². The molecule has 2 N–H and O–H groups in total. The Morgan fingerprint density at radius 1 is 1.16 bits per heavy atom. The van der Waals surface area contributed by atoms with Gasteiger partial charge in [-0.05, 0) is 93.4 Å². The van der Waals surface area contributed by atoms with Gasteiger partial charge in [-0.25, -0.2) is 0 Å². The predicted molar refractivity (Wildman–Crippen MR) is 137 cm³/mol. The van der Waals surface area contributed by atoms with E-state index in [-0.39, 0.29) is 17.4 Å². The first-order valence-corrected chi connectivity index (χ1v) is 13.5. The maximum Gasteiger partial charge on any atom is 0.416 e. The van der Waals surface area contributed by atoms with Crippen LogP contribution in [0.2, 0.25) is 0 Å². The lowest BCUT2D eigenvalue weighted by atomic mass is 9.45. The highest BCUT2D eigenvalue weighted by atomic mass is 19.4. The molecule has 2 bridgehead atoms. The molecule has 6 rings (SSSR count). The van der Waals surface area contributed by atoms with E-state index in [1.165, 1.54) is 25.0 Å². The van der Waals surface area contributed by atoms with E-state index in [1.54, 1.807) is 6.07 Å². The second kappa shape index (κ2) is 9.14. The Balaban J connectivity index is 1.35. The number of nitrogens with zero attached hydrogens (tertiary/aromatic N) is 2. The van der Waals surface area contributed by atoms with Crippen LogP contribution in [-0.4, -0.2) is 28.3 Å². The van der Waals surface area contributed by atoms with E-state index in [2.05, 4.69) is 24.5 Å². The molecule has 1 aromatic heterocycles. The summed E-state index contributed by atoms with van der Waals surface area (Å²) in [5, 5.41) is 11.3. The molecule has 2 heterocycles. The maximum absolute atomic E-state index is 13.5. The van der Waals surface area contributed by atoms with Gasteiger partial charge in [-0.1, -0.05) is 26.0 Å². The van der Waals surface area contributed by atoms with Gasteiger partial charge in [0.15, 0.2) is 0 Å². The van der Waals surface area contributed by atoms with E-state index < -0.39 is 23.8 Å². The van der Waals surface area contributed by atoms with E-state index in [0.717, 1.165) is 24.1 Å². The summed E-state index contributed by atoms with van der Waals surface area (Å²) >= 11 is 0. The third-order valence-electron chi connectivity index (χ3n) is 9.38. The zero-order valence-electron chi connectivity index (χ0n) is 22.4. The molecule has 2 aromatic rings. The largest absolute Gasteiger partial charge is 0.416 e. The second-order valence-electron chi connectivity index (χ2n) is 13.0. The molecule has 0 spiro atoms. The Labute approximate surface area is 217 Å². The summed E-state index contributed by atoms with van der Waals surface area (Å²) in [5.74, 6) is 1.65. The van der Waals surface area contributed by atoms with Crippen molar-refractivity contribution in [2.75, 3.05) is 6.54 Å². The molecule has 3 aliphatic carbocycles. The van der Waals surface area contributed by atoms with Crippen LogP contribution in [0, 0.1) is 23.2 Å². The van der Waals surface area contributed by atoms with Crippen LogP contribution < -0.4 is 10.6 Å². The van der Waals surface area contributed by atoms with Crippen molar-refractivity contribution in [3.8, 4) is 0 Å².